The van der Waals surface area contributed by atoms with Crippen molar-refractivity contribution in [2.75, 3.05) is 18.5 Å². The number of thioether (sulfide) groups is 1. The molecule has 5 atom stereocenters. The molecule has 2 aliphatic carbocycles. The minimum Gasteiger partial charge on any atom is -0.483 e. The van der Waals surface area contributed by atoms with Crippen LogP contribution in [-0.4, -0.2) is 35.3 Å². The number of H-pyrrole nitrogens is 1. The lowest BCUT2D eigenvalue weighted by atomic mass is 9.74. The lowest BCUT2D eigenvalue weighted by Gasteiger charge is -2.40. The SMILES string of the molecule is CCOC(=O)c1ccc(NC(=O)COc2ccccc2[C@H]2c3sc(=O)[nH]c3SC3C4CCC(C4)C32)cc1. The smallest absolute Gasteiger partial charge is 0.338 e. The second kappa shape index (κ2) is 10.0. The number of esters is 1. The van der Waals surface area contributed by atoms with Gasteiger partial charge in [-0.25, -0.2) is 4.79 Å². The molecule has 37 heavy (non-hydrogen) atoms. The molecule has 2 fully saturated rings. The lowest BCUT2D eigenvalue weighted by molar-refractivity contribution is -0.118. The maximum absolute atomic E-state index is 12.7. The van der Waals surface area contributed by atoms with Crippen LogP contribution in [0.25, 0.3) is 0 Å². The second-order valence-corrected chi connectivity index (χ2v) is 12.1. The van der Waals surface area contributed by atoms with Crippen molar-refractivity contribution in [3.8, 4) is 5.75 Å². The van der Waals surface area contributed by atoms with Gasteiger partial charge < -0.3 is 19.8 Å². The van der Waals surface area contributed by atoms with Crippen LogP contribution in [-0.2, 0) is 9.53 Å². The molecule has 2 bridgehead atoms. The summed E-state index contributed by atoms with van der Waals surface area (Å²) in [5.41, 5.74) is 2.06. The van der Waals surface area contributed by atoms with Crippen molar-refractivity contribution in [2.24, 2.45) is 17.8 Å². The molecule has 7 nitrogen and oxygen atoms in total. The van der Waals surface area contributed by atoms with E-state index < -0.39 is 5.97 Å². The van der Waals surface area contributed by atoms with Gasteiger partial charge in [0.25, 0.3) is 5.91 Å². The summed E-state index contributed by atoms with van der Waals surface area (Å²) >= 11 is 3.17. The lowest BCUT2D eigenvalue weighted by Crippen LogP contribution is -2.34. The Kier molecular flexibility index (Phi) is 6.58. The van der Waals surface area contributed by atoms with Crippen LogP contribution in [0.1, 0.15) is 52.9 Å². The monoisotopic (exact) mass is 536 g/mol. The molecule has 6 rings (SSSR count). The van der Waals surface area contributed by atoms with Crippen LogP contribution in [0.2, 0.25) is 0 Å². The maximum Gasteiger partial charge on any atom is 0.338 e. The summed E-state index contributed by atoms with van der Waals surface area (Å²) in [4.78, 5) is 41.0. The molecule has 4 unspecified atom stereocenters. The molecule has 2 heterocycles. The van der Waals surface area contributed by atoms with E-state index in [9.17, 15) is 14.4 Å². The predicted octanol–water partition coefficient (Wildman–Crippen LogP) is 5.28. The van der Waals surface area contributed by atoms with Crippen LogP contribution >= 0.6 is 23.1 Å². The quantitative estimate of drug-likeness (QED) is 0.399. The van der Waals surface area contributed by atoms with Crippen molar-refractivity contribution in [1.82, 2.24) is 4.98 Å². The Labute approximate surface area is 223 Å². The highest BCUT2D eigenvalue weighted by Gasteiger charge is 2.55. The maximum atomic E-state index is 12.7. The van der Waals surface area contributed by atoms with Gasteiger partial charge in [0, 0.05) is 27.3 Å². The van der Waals surface area contributed by atoms with E-state index in [-0.39, 0.29) is 23.3 Å². The molecule has 2 N–H and O–H groups in total. The summed E-state index contributed by atoms with van der Waals surface area (Å²) in [6.45, 7) is 1.92. The van der Waals surface area contributed by atoms with E-state index in [1.54, 1.807) is 31.2 Å². The number of hydrogen-bond donors (Lipinski definition) is 2. The Morgan fingerprint density at radius 3 is 2.68 bits per heavy atom. The molecule has 1 aromatic heterocycles. The average molecular weight is 537 g/mol. The highest BCUT2D eigenvalue weighted by atomic mass is 32.2. The normalized spacial score (nSPS) is 25.3. The second-order valence-electron chi connectivity index (χ2n) is 9.85. The number of ether oxygens (including phenoxy) is 2. The van der Waals surface area contributed by atoms with Gasteiger partial charge in [-0.3, -0.25) is 9.59 Å². The first-order chi connectivity index (χ1) is 18.0. The Bertz CT molecular complexity index is 1380. The zero-order valence-corrected chi connectivity index (χ0v) is 22.0. The van der Waals surface area contributed by atoms with Crippen molar-refractivity contribution in [2.45, 2.75) is 42.4 Å². The number of carbonyl (C=O) groups excluding carboxylic acids is 2. The number of rotatable bonds is 7. The summed E-state index contributed by atoms with van der Waals surface area (Å²) in [5.74, 6) is 1.92. The molecule has 0 spiro atoms. The average Bonchev–Trinajstić information content (AvgIpc) is 3.61. The van der Waals surface area contributed by atoms with E-state index in [4.69, 9.17) is 9.47 Å². The van der Waals surface area contributed by atoms with E-state index in [1.807, 2.05) is 30.0 Å². The molecule has 3 aromatic rings. The van der Waals surface area contributed by atoms with Gasteiger partial charge in [-0.2, -0.15) is 0 Å². The van der Waals surface area contributed by atoms with E-state index in [0.29, 0.717) is 46.6 Å². The fraction of sp³-hybridized carbons (Fsp3) is 0.393. The Morgan fingerprint density at radius 2 is 1.86 bits per heavy atom. The minimum atomic E-state index is -0.394. The van der Waals surface area contributed by atoms with Gasteiger partial charge in [0.05, 0.1) is 17.2 Å². The molecule has 192 valence electrons. The van der Waals surface area contributed by atoms with Gasteiger partial charge in [0.1, 0.15) is 5.75 Å². The third kappa shape index (κ3) is 4.59. The summed E-state index contributed by atoms with van der Waals surface area (Å²) in [6.07, 6.45) is 3.78. The summed E-state index contributed by atoms with van der Waals surface area (Å²) in [6, 6.07) is 14.5. The minimum absolute atomic E-state index is 0.0124. The number of fused-ring (bicyclic) bond motifs is 6. The number of anilines is 1. The van der Waals surface area contributed by atoms with E-state index in [2.05, 4.69) is 16.4 Å². The van der Waals surface area contributed by atoms with Gasteiger partial charge in [0.15, 0.2) is 6.61 Å². The van der Waals surface area contributed by atoms with Crippen LogP contribution < -0.4 is 14.9 Å². The highest BCUT2D eigenvalue weighted by molar-refractivity contribution is 8.00. The Morgan fingerprint density at radius 1 is 1.08 bits per heavy atom. The van der Waals surface area contributed by atoms with Crippen molar-refractivity contribution in [3.63, 3.8) is 0 Å². The van der Waals surface area contributed by atoms with E-state index >= 15 is 0 Å². The van der Waals surface area contributed by atoms with Crippen LogP contribution in [0, 0.1) is 17.8 Å². The largest absolute Gasteiger partial charge is 0.483 e. The van der Waals surface area contributed by atoms with Crippen LogP contribution in [0.15, 0.2) is 58.4 Å². The molecular weight excluding hydrogens is 508 g/mol. The van der Waals surface area contributed by atoms with Crippen LogP contribution in [0.3, 0.4) is 0 Å². The van der Waals surface area contributed by atoms with Gasteiger partial charge in [-0.05, 0) is 74.3 Å². The Balaban J connectivity index is 1.20. The van der Waals surface area contributed by atoms with Crippen molar-refractivity contribution in [1.29, 1.82) is 0 Å². The first kappa shape index (κ1) is 24.3. The fourth-order valence-corrected chi connectivity index (χ4v) is 9.20. The molecule has 1 amide bonds. The number of para-hydroxylation sites is 1. The molecule has 1 aliphatic heterocycles. The molecular formula is C28H28N2O5S2. The molecule has 3 aliphatic rings. The highest BCUT2D eigenvalue weighted by Crippen LogP contribution is 2.64. The molecule has 0 saturated heterocycles. The third-order valence-electron chi connectivity index (χ3n) is 7.76. The fourth-order valence-electron chi connectivity index (χ4n) is 6.31. The molecule has 9 heteroatoms. The number of carbonyl (C=O) groups is 2. The first-order valence-electron chi connectivity index (χ1n) is 12.7. The predicted molar refractivity (Wildman–Crippen MR) is 144 cm³/mol. The number of aromatic nitrogens is 1. The van der Waals surface area contributed by atoms with Gasteiger partial charge in [-0.1, -0.05) is 29.5 Å². The topological polar surface area (TPSA) is 97.5 Å². The van der Waals surface area contributed by atoms with Crippen LogP contribution in [0.5, 0.6) is 5.75 Å². The van der Waals surface area contributed by atoms with E-state index in [1.165, 1.54) is 30.6 Å². The molecule has 2 saturated carbocycles. The van der Waals surface area contributed by atoms with E-state index in [0.717, 1.165) is 15.5 Å². The van der Waals surface area contributed by atoms with Gasteiger partial charge >= 0.3 is 10.8 Å². The summed E-state index contributed by atoms with van der Waals surface area (Å²) < 4.78 is 11.1. The third-order valence-corrected chi connectivity index (χ3v) is 10.4. The number of thiazole rings is 1. The summed E-state index contributed by atoms with van der Waals surface area (Å²) in [5, 5.41) is 4.34. The zero-order valence-electron chi connectivity index (χ0n) is 20.4. The van der Waals surface area contributed by atoms with Crippen molar-refractivity contribution in [3.05, 3.63) is 74.2 Å². The number of amides is 1. The number of nitrogens with one attached hydrogen (secondary N) is 2. The number of hydrogen-bond acceptors (Lipinski definition) is 7. The van der Waals surface area contributed by atoms with Crippen molar-refractivity contribution >= 4 is 40.7 Å². The number of aromatic amines is 1. The molecule has 0 radical (unpaired) electrons. The molecule has 2 aromatic carbocycles. The van der Waals surface area contributed by atoms with Crippen molar-refractivity contribution < 1.29 is 19.1 Å². The standard InChI is InChI=1S/C28H28N2O5S2/c1-2-34-27(32)15-9-11-18(12-10-15)29-21(31)14-35-20-6-4-3-5-19(20)23-22-16-7-8-17(13-16)24(22)36-26-25(23)37-28(33)30-26/h3-6,9-12,16-17,22-24H,2,7-8,13-14H2,1H3,(H,29,31)(H,30,33)/t16?,17?,22?,23-,24?/m1/s1. The number of benzene rings is 2. The Hall–Kier alpha value is -3.04. The van der Waals surface area contributed by atoms with Gasteiger partial charge in [-0.15, -0.1) is 11.8 Å². The van der Waals surface area contributed by atoms with Crippen LogP contribution in [0.4, 0.5) is 5.69 Å². The summed E-state index contributed by atoms with van der Waals surface area (Å²) in [7, 11) is 0. The first-order valence-corrected chi connectivity index (χ1v) is 14.4. The van der Waals surface area contributed by atoms with Gasteiger partial charge in [0.2, 0.25) is 0 Å². The zero-order chi connectivity index (χ0) is 25.5.